The molecule has 2 N–H and O–H groups in total. The first-order valence-corrected chi connectivity index (χ1v) is 3.67. The Morgan fingerprint density at radius 3 is 2.27 bits per heavy atom. The number of rotatable bonds is 2. The second kappa shape index (κ2) is 2.05. The van der Waals surface area contributed by atoms with Crippen molar-refractivity contribution in [1.82, 2.24) is 0 Å². The highest BCUT2D eigenvalue weighted by molar-refractivity contribution is 5.87. The topological polar surface area (TPSA) is 66.9 Å². The lowest BCUT2D eigenvalue weighted by Crippen LogP contribution is -2.47. The van der Waals surface area contributed by atoms with Crippen LogP contribution in [0.1, 0.15) is 26.7 Å². The van der Waals surface area contributed by atoms with Crippen molar-refractivity contribution in [3.05, 3.63) is 0 Å². The molecule has 0 bridgehead atoms. The molecule has 0 amide bonds. The number of nitrogens with zero attached hydrogens (tertiary/aromatic N) is 1. The molecule has 0 spiro atoms. The van der Waals surface area contributed by atoms with Gasteiger partial charge in [-0.1, -0.05) is 0 Å². The fraction of sp³-hybridized carbons (Fsp3) is 0.750. The van der Waals surface area contributed by atoms with Gasteiger partial charge in [0, 0.05) is 0 Å². The molecule has 1 rings (SSSR count). The third-order valence-electron chi connectivity index (χ3n) is 2.65. The van der Waals surface area contributed by atoms with E-state index in [0.717, 1.165) is 12.8 Å². The van der Waals surface area contributed by atoms with E-state index in [0.29, 0.717) is 0 Å². The predicted molar refractivity (Wildman–Crippen MR) is 40.6 cm³/mol. The van der Waals surface area contributed by atoms with E-state index in [1.165, 1.54) is 6.92 Å². The molecule has 1 aliphatic carbocycles. The monoisotopic (exact) mass is 152 g/mol. The lowest BCUT2D eigenvalue weighted by Gasteiger charge is -2.24. The number of carbonyl (C=O) groups excluding carboxylic acids is 1. The summed E-state index contributed by atoms with van der Waals surface area (Å²) in [5.74, 6) is 0.0454. The van der Waals surface area contributed by atoms with Gasteiger partial charge < -0.3 is 5.73 Å². The Morgan fingerprint density at radius 2 is 2.18 bits per heavy atom. The first-order chi connectivity index (χ1) is 4.96. The summed E-state index contributed by atoms with van der Waals surface area (Å²) in [6, 6.07) is 1.98. The average molecular weight is 152 g/mol. The van der Waals surface area contributed by atoms with Crippen molar-refractivity contribution in [2.45, 2.75) is 32.2 Å². The Bertz CT molecular complexity index is 233. The number of carbonyl (C=O) groups is 1. The molecule has 1 aliphatic rings. The van der Waals surface area contributed by atoms with E-state index in [9.17, 15) is 4.79 Å². The van der Waals surface area contributed by atoms with Crippen LogP contribution in [-0.2, 0) is 4.79 Å². The van der Waals surface area contributed by atoms with E-state index in [4.69, 9.17) is 11.0 Å². The summed E-state index contributed by atoms with van der Waals surface area (Å²) < 4.78 is 0. The van der Waals surface area contributed by atoms with E-state index in [2.05, 4.69) is 0 Å². The lowest BCUT2D eigenvalue weighted by molar-refractivity contribution is -0.123. The number of hydrogen-bond donors (Lipinski definition) is 1. The molecule has 1 atom stereocenters. The van der Waals surface area contributed by atoms with Gasteiger partial charge in [-0.3, -0.25) is 4.79 Å². The zero-order chi connectivity index (χ0) is 8.70. The SMILES string of the molecule is CC(=O)C1(C(C)(N)C#N)CC1. The molecule has 60 valence electrons. The van der Waals surface area contributed by atoms with Gasteiger partial charge in [0.15, 0.2) is 0 Å². The van der Waals surface area contributed by atoms with Crippen LogP contribution < -0.4 is 5.73 Å². The number of nitriles is 1. The molecule has 0 aliphatic heterocycles. The number of hydrogen-bond acceptors (Lipinski definition) is 3. The molecule has 1 saturated carbocycles. The van der Waals surface area contributed by atoms with Crippen LogP contribution in [0.2, 0.25) is 0 Å². The van der Waals surface area contributed by atoms with Gasteiger partial charge in [-0.25, -0.2) is 0 Å². The quantitative estimate of drug-likeness (QED) is 0.630. The summed E-state index contributed by atoms with van der Waals surface area (Å²) in [5, 5.41) is 8.69. The molecule has 0 radical (unpaired) electrons. The summed E-state index contributed by atoms with van der Waals surface area (Å²) in [4.78, 5) is 11.1. The van der Waals surface area contributed by atoms with Crippen LogP contribution in [-0.4, -0.2) is 11.3 Å². The smallest absolute Gasteiger partial charge is 0.138 e. The van der Waals surface area contributed by atoms with Crippen molar-refractivity contribution in [1.29, 1.82) is 5.26 Å². The van der Waals surface area contributed by atoms with Crippen LogP contribution in [0.4, 0.5) is 0 Å². The molecule has 0 aromatic heterocycles. The van der Waals surface area contributed by atoms with Crippen LogP contribution in [0, 0.1) is 16.7 Å². The Morgan fingerprint density at radius 1 is 1.73 bits per heavy atom. The van der Waals surface area contributed by atoms with Gasteiger partial charge in [0.25, 0.3) is 0 Å². The highest BCUT2D eigenvalue weighted by Crippen LogP contribution is 2.53. The molecule has 0 heterocycles. The van der Waals surface area contributed by atoms with Crippen LogP contribution in [0.25, 0.3) is 0 Å². The second-order valence-corrected chi connectivity index (χ2v) is 3.45. The normalized spacial score (nSPS) is 24.9. The van der Waals surface area contributed by atoms with Crippen LogP contribution in [0.15, 0.2) is 0 Å². The maximum atomic E-state index is 11.1. The predicted octanol–water partition coefficient (Wildman–Crippen LogP) is 0.597. The third-order valence-corrected chi connectivity index (χ3v) is 2.65. The Hall–Kier alpha value is -0.880. The average Bonchev–Trinajstić information content (AvgIpc) is 2.66. The summed E-state index contributed by atoms with van der Waals surface area (Å²) in [6.45, 7) is 3.14. The van der Waals surface area contributed by atoms with E-state index in [-0.39, 0.29) is 5.78 Å². The lowest BCUT2D eigenvalue weighted by atomic mass is 9.82. The fourth-order valence-electron chi connectivity index (χ4n) is 1.47. The van der Waals surface area contributed by atoms with Crippen LogP contribution in [0.5, 0.6) is 0 Å². The molecule has 3 nitrogen and oxygen atoms in total. The summed E-state index contributed by atoms with van der Waals surface area (Å²) in [6.07, 6.45) is 1.53. The van der Waals surface area contributed by atoms with Crippen molar-refractivity contribution >= 4 is 5.78 Å². The van der Waals surface area contributed by atoms with Gasteiger partial charge in [-0.15, -0.1) is 0 Å². The highest BCUT2D eigenvalue weighted by Gasteiger charge is 2.59. The van der Waals surface area contributed by atoms with Crippen molar-refractivity contribution in [3.8, 4) is 6.07 Å². The maximum Gasteiger partial charge on any atom is 0.138 e. The maximum absolute atomic E-state index is 11.1. The van der Waals surface area contributed by atoms with Gasteiger partial charge >= 0.3 is 0 Å². The molecule has 1 fully saturated rings. The molecular weight excluding hydrogens is 140 g/mol. The Balaban J connectivity index is 2.92. The third kappa shape index (κ3) is 0.945. The second-order valence-electron chi connectivity index (χ2n) is 3.45. The molecule has 1 unspecified atom stereocenters. The first kappa shape index (κ1) is 8.22. The Labute approximate surface area is 66.2 Å². The minimum absolute atomic E-state index is 0.0454. The number of ketones is 1. The fourth-order valence-corrected chi connectivity index (χ4v) is 1.47. The summed E-state index contributed by atoms with van der Waals surface area (Å²) >= 11 is 0. The van der Waals surface area contributed by atoms with Crippen molar-refractivity contribution in [3.63, 3.8) is 0 Å². The molecule has 0 saturated heterocycles. The van der Waals surface area contributed by atoms with E-state index in [1.54, 1.807) is 6.92 Å². The van der Waals surface area contributed by atoms with Crippen LogP contribution >= 0.6 is 0 Å². The van der Waals surface area contributed by atoms with Crippen molar-refractivity contribution in [2.75, 3.05) is 0 Å². The van der Waals surface area contributed by atoms with E-state index >= 15 is 0 Å². The number of nitrogens with two attached hydrogens (primary N) is 1. The van der Waals surface area contributed by atoms with Gasteiger partial charge in [0.05, 0.1) is 11.5 Å². The largest absolute Gasteiger partial charge is 0.313 e. The molecular formula is C8H12N2O. The van der Waals surface area contributed by atoms with Gasteiger partial charge in [0.2, 0.25) is 0 Å². The zero-order valence-corrected chi connectivity index (χ0v) is 6.85. The standard InChI is InChI=1S/C8H12N2O/c1-6(11)8(3-4-8)7(2,10)5-9/h3-4,10H2,1-2H3. The van der Waals surface area contributed by atoms with Crippen molar-refractivity contribution < 1.29 is 4.79 Å². The molecule has 0 aromatic carbocycles. The van der Waals surface area contributed by atoms with E-state index in [1.807, 2.05) is 6.07 Å². The summed E-state index contributed by atoms with van der Waals surface area (Å²) in [7, 11) is 0. The van der Waals surface area contributed by atoms with Gasteiger partial charge in [-0.05, 0) is 26.7 Å². The van der Waals surface area contributed by atoms with Crippen LogP contribution in [0.3, 0.4) is 0 Å². The van der Waals surface area contributed by atoms with E-state index < -0.39 is 11.0 Å². The molecule has 0 aromatic rings. The minimum atomic E-state index is -0.973. The first-order valence-electron chi connectivity index (χ1n) is 3.67. The van der Waals surface area contributed by atoms with Crippen molar-refractivity contribution in [2.24, 2.45) is 11.1 Å². The summed E-state index contributed by atoms with van der Waals surface area (Å²) in [5.41, 5.74) is 4.18. The zero-order valence-electron chi connectivity index (χ0n) is 6.85. The Kier molecular flexibility index (Phi) is 1.53. The molecule has 3 heteroatoms. The minimum Gasteiger partial charge on any atom is -0.313 e. The molecule has 11 heavy (non-hydrogen) atoms. The number of Topliss-reactive ketones (excluding diaryl/α,β-unsaturated/α-hetero) is 1. The van der Waals surface area contributed by atoms with Gasteiger partial charge in [-0.2, -0.15) is 5.26 Å². The van der Waals surface area contributed by atoms with Gasteiger partial charge in [0.1, 0.15) is 11.3 Å². The highest BCUT2D eigenvalue weighted by atomic mass is 16.1.